The van der Waals surface area contributed by atoms with Crippen LogP contribution in [0.2, 0.25) is 0 Å². The number of fused-ring (bicyclic) bond motifs is 3. The van der Waals surface area contributed by atoms with E-state index in [2.05, 4.69) is 20.8 Å². The molecule has 0 spiro atoms. The van der Waals surface area contributed by atoms with Crippen molar-refractivity contribution in [2.45, 2.75) is 24.4 Å². The molecule has 2 aromatic heterocycles. The van der Waals surface area contributed by atoms with Gasteiger partial charge >= 0.3 is 0 Å². The van der Waals surface area contributed by atoms with Crippen LogP contribution in [0.25, 0.3) is 10.2 Å². The first-order chi connectivity index (χ1) is 11.8. The van der Waals surface area contributed by atoms with Gasteiger partial charge in [0.25, 0.3) is 5.91 Å². The quantitative estimate of drug-likeness (QED) is 0.424. The fourth-order valence-corrected chi connectivity index (χ4v) is 4.62. The van der Waals surface area contributed by atoms with E-state index >= 15 is 0 Å². The highest BCUT2D eigenvalue weighted by atomic mass is 32.2. The van der Waals surface area contributed by atoms with Crippen molar-refractivity contribution in [2.75, 3.05) is 11.7 Å². The van der Waals surface area contributed by atoms with Gasteiger partial charge < -0.3 is 0 Å². The van der Waals surface area contributed by atoms with Crippen LogP contribution in [0.5, 0.6) is 0 Å². The number of anilines is 1. The summed E-state index contributed by atoms with van der Waals surface area (Å²) < 4.78 is 0. The molecule has 0 atom stereocenters. The summed E-state index contributed by atoms with van der Waals surface area (Å²) in [5, 5.41) is 1.76. The Morgan fingerprint density at radius 3 is 2.83 bits per heavy atom. The number of rotatable bonds is 4. The zero-order valence-electron chi connectivity index (χ0n) is 13.1. The Morgan fingerprint density at radius 1 is 1.21 bits per heavy atom. The summed E-state index contributed by atoms with van der Waals surface area (Å²) in [6.45, 7) is 0. The Kier molecular flexibility index (Phi) is 4.12. The molecule has 0 unspecified atom stereocenters. The summed E-state index contributed by atoms with van der Waals surface area (Å²) in [4.78, 5) is 23.8. The van der Waals surface area contributed by atoms with E-state index in [-0.39, 0.29) is 5.91 Å². The zero-order valence-corrected chi connectivity index (χ0v) is 14.8. The number of aromatic nitrogens is 2. The average Bonchev–Trinajstić information content (AvgIpc) is 3.20. The van der Waals surface area contributed by atoms with Gasteiger partial charge in [0.15, 0.2) is 11.0 Å². The molecule has 2 N–H and O–H groups in total. The van der Waals surface area contributed by atoms with Crippen LogP contribution < -0.4 is 10.9 Å². The van der Waals surface area contributed by atoms with E-state index < -0.39 is 0 Å². The van der Waals surface area contributed by atoms with E-state index in [1.807, 2.05) is 24.5 Å². The summed E-state index contributed by atoms with van der Waals surface area (Å²) in [5.41, 5.74) is 7.71. The minimum absolute atomic E-state index is 0.181. The number of carbonyl (C=O) groups is 1. The monoisotopic (exact) mass is 356 g/mol. The van der Waals surface area contributed by atoms with Crippen molar-refractivity contribution in [3.05, 3.63) is 46.3 Å². The largest absolute Gasteiger partial charge is 0.281 e. The van der Waals surface area contributed by atoms with Crippen molar-refractivity contribution in [1.29, 1.82) is 0 Å². The van der Waals surface area contributed by atoms with Crippen LogP contribution in [0.3, 0.4) is 0 Å². The molecule has 1 aromatic carbocycles. The topological polar surface area (TPSA) is 66.9 Å². The van der Waals surface area contributed by atoms with E-state index in [9.17, 15) is 4.79 Å². The predicted octanol–water partition coefficient (Wildman–Crippen LogP) is 3.66. The van der Waals surface area contributed by atoms with Crippen molar-refractivity contribution < 1.29 is 4.79 Å². The standard InChI is InChI=1S/C17H16N4OS2/c1-23-17-18-14(20-21-15(22)10-6-3-2-4-7-10)13-11-8-5-9-12(11)24-16(13)19-17/h2-4,6-7H,5,8-9H2,1H3,(H,21,22)(H,18,19,20). The summed E-state index contributed by atoms with van der Waals surface area (Å²) in [5.74, 6) is 0.507. The molecule has 4 rings (SSSR count). The molecule has 1 amide bonds. The molecule has 0 saturated heterocycles. The molecule has 1 aliphatic carbocycles. The highest BCUT2D eigenvalue weighted by Gasteiger charge is 2.22. The van der Waals surface area contributed by atoms with Crippen molar-refractivity contribution >= 4 is 45.0 Å². The second-order valence-corrected chi connectivity index (χ2v) is 7.40. The van der Waals surface area contributed by atoms with Crippen LogP contribution >= 0.6 is 23.1 Å². The van der Waals surface area contributed by atoms with Gasteiger partial charge in [-0.15, -0.1) is 11.3 Å². The molecule has 0 saturated carbocycles. The van der Waals surface area contributed by atoms with Crippen LogP contribution in [0.1, 0.15) is 27.2 Å². The molecule has 0 fully saturated rings. The van der Waals surface area contributed by atoms with E-state index in [0.29, 0.717) is 16.5 Å². The zero-order chi connectivity index (χ0) is 16.5. The molecular formula is C17H16N4OS2. The molecule has 7 heteroatoms. The fourth-order valence-electron chi connectivity index (χ4n) is 2.94. The lowest BCUT2D eigenvalue weighted by molar-refractivity contribution is 0.0962. The van der Waals surface area contributed by atoms with Crippen LogP contribution in [-0.4, -0.2) is 22.1 Å². The Bertz CT molecular complexity index is 908. The lowest BCUT2D eigenvalue weighted by Gasteiger charge is -2.10. The summed E-state index contributed by atoms with van der Waals surface area (Å²) in [6.07, 6.45) is 5.30. The number of thioether (sulfide) groups is 1. The maximum absolute atomic E-state index is 12.3. The van der Waals surface area contributed by atoms with Crippen molar-refractivity contribution in [1.82, 2.24) is 15.4 Å². The molecule has 3 aromatic rings. The number of hydrogen-bond donors (Lipinski definition) is 2. The van der Waals surface area contributed by atoms with Crippen LogP contribution in [0.15, 0.2) is 35.5 Å². The highest BCUT2D eigenvalue weighted by molar-refractivity contribution is 7.98. The number of aryl methyl sites for hydroxylation is 2. The van der Waals surface area contributed by atoms with Gasteiger partial charge in [-0.1, -0.05) is 30.0 Å². The molecule has 5 nitrogen and oxygen atoms in total. The van der Waals surface area contributed by atoms with Crippen LogP contribution in [-0.2, 0) is 12.8 Å². The number of hydrazine groups is 1. The minimum Gasteiger partial charge on any atom is -0.281 e. The van der Waals surface area contributed by atoms with Crippen molar-refractivity contribution in [3.63, 3.8) is 0 Å². The maximum atomic E-state index is 12.3. The summed E-state index contributed by atoms with van der Waals surface area (Å²) in [7, 11) is 0. The lowest BCUT2D eigenvalue weighted by Crippen LogP contribution is -2.30. The highest BCUT2D eigenvalue weighted by Crippen LogP contribution is 2.39. The van der Waals surface area contributed by atoms with Crippen LogP contribution in [0.4, 0.5) is 5.82 Å². The molecule has 2 heterocycles. The molecular weight excluding hydrogens is 340 g/mol. The van der Waals surface area contributed by atoms with Gasteiger partial charge in [0.1, 0.15) is 4.83 Å². The smallest absolute Gasteiger partial charge is 0.269 e. The third kappa shape index (κ3) is 2.74. The Morgan fingerprint density at radius 2 is 2.04 bits per heavy atom. The SMILES string of the molecule is CSc1nc(NNC(=O)c2ccccc2)c2c3c(sc2n1)CCC3. The lowest BCUT2D eigenvalue weighted by atomic mass is 10.2. The number of hydrogen-bond acceptors (Lipinski definition) is 6. The van der Waals surface area contributed by atoms with Gasteiger partial charge in [-0.2, -0.15) is 0 Å². The second kappa shape index (κ2) is 6.41. The third-order valence-corrected chi connectivity index (χ3v) is 5.79. The van der Waals surface area contributed by atoms with Gasteiger partial charge in [-0.25, -0.2) is 9.97 Å². The predicted molar refractivity (Wildman–Crippen MR) is 98.8 cm³/mol. The molecule has 0 bridgehead atoms. The number of amides is 1. The molecule has 0 aliphatic heterocycles. The van der Waals surface area contributed by atoms with E-state index in [1.54, 1.807) is 23.5 Å². The summed E-state index contributed by atoms with van der Waals surface area (Å²) >= 11 is 3.24. The Labute approximate surface area is 147 Å². The van der Waals surface area contributed by atoms with E-state index in [4.69, 9.17) is 0 Å². The number of thiophene rings is 1. The average molecular weight is 356 g/mol. The van der Waals surface area contributed by atoms with Gasteiger partial charge in [0.2, 0.25) is 0 Å². The van der Waals surface area contributed by atoms with E-state index in [1.165, 1.54) is 28.6 Å². The molecule has 0 radical (unpaired) electrons. The van der Waals surface area contributed by atoms with Gasteiger partial charge in [-0.3, -0.25) is 15.6 Å². The fraction of sp³-hybridized carbons (Fsp3) is 0.235. The first-order valence-electron chi connectivity index (χ1n) is 7.74. The number of nitrogens with one attached hydrogen (secondary N) is 2. The number of nitrogens with zero attached hydrogens (tertiary/aromatic N) is 2. The van der Waals surface area contributed by atoms with Crippen molar-refractivity contribution in [3.8, 4) is 0 Å². The minimum atomic E-state index is -0.181. The maximum Gasteiger partial charge on any atom is 0.269 e. The Balaban J connectivity index is 1.67. The van der Waals surface area contributed by atoms with Gasteiger partial charge in [0, 0.05) is 10.4 Å². The third-order valence-electron chi connectivity index (χ3n) is 4.06. The van der Waals surface area contributed by atoms with Gasteiger partial charge in [-0.05, 0) is 43.2 Å². The number of carbonyl (C=O) groups excluding carboxylic acids is 1. The molecule has 1 aliphatic rings. The first-order valence-corrected chi connectivity index (χ1v) is 9.78. The normalized spacial score (nSPS) is 13.0. The Hall–Kier alpha value is -2.12. The van der Waals surface area contributed by atoms with E-state index in [0.717, 1.165) is 23.1 Å². The van der Waals surface area contributed by atoms with Gasteiger partial charge in [0.05, 0.1) is 5.39 Å². The summed E-state index contributed by atoms with van der Waals surface area (Å²) in [6, 6.07) is 9.13. The van der Waals surface area contributed by atoms with Crippen LogP contribution in [0, 0.1) is 0 Å². The first kappa shape index (κ1) is 15.4. The number of benzene rings is 1. The molecule has 122 valence electrons. The van der Waals surface area contributed by atoms with Crippen molar-refractivity contribution in [2.24, 2.45) is 0 Å². The second-order valence-electron chi connectivity index (χ2n) is 5.54. The molecule has 24 heavy (non-hydrogen) atoms.